The van der Waals surface area contributed by atoms with Gasteiger partial charge in [-0.15, -0.1) is 0 Å². The van der Waals surface area contributed by atoms with Gasteiger partial charge in [-0.2, -0.15) is 4.37 Å². The first kappa shape index (κ1) is 22.8. The smallest absolute Gasteiger partial charge is 0.303 e. The van der Waals surface area contributed by atoms with Crippen LogP contribution in [0.4, 0.5) is 13.2 Å². The van der Waals surface area contributed by atoms with Crippen LogP contribution < -0.4 is 4.74 Å². The minimum Gasteiger partial charge on any atom is -0.483 e. The average molecular weight is 449 g/mol. The summed E-state index contributed by atoms with van der Waals surface area (Å²) in [5.74, 6) is -3.85. The van der Waals surface area contributed by atoms with Crippen molar-refractivity contribution in [3.63, 3.8) is 0 Å². The summed E-state index contributed by atoms with van der Waals surface area (Å²) in [6.45, 7) is 5.45. The molecule has 0 saturated carbocycles. The van der Waals surface area contributed by atoms with E-state index in [0.717, 1.165) is 29.2 Å². The Bertz CT molecular complexity index is 1090. The lowest BCUT2D eigenvalue weighted by Crippen LogP contribution is -2.05. The third kappa shape index (κ3) is 5.25. The minimum absolute atomic E-state index is 0.00481. The van der Waals surface area contributed by atoms with Crippen molar-refractivity contribution in [3.05, 3.63) is 70.2 Å². The van der Waals surface area contributed by atoms with Gasteiger partial charge >= 0.3 is 5.97 Å². The number of hydrogen-bond acceptors (Lipinski definition) is 4. The number of hydrogen-bond donors (Lipinski definition) is 1. The molecule has 0 aliphatic heterocycles. The Hall–Kier alpha value is -2.87. The van der Waals surface area contributed by atoms with Crippen LogP contribution in [0.1, 0.15) is 48.6 Å². The molecule has 0 atom stereocenters. The van der Waals surface area contributed by atoms with Crippen molar-refractivity contribution in [1.82, 2.24) is 4.37 Å². The van der Waals surface area contributed by atoms with Crippen LogP contribution in [0.5, 0.6) is 5.75 Å². The molecular formula is C23H22F3NO3S. The third-order valence-electron chi connectivity index (χ3n) is 4.78. The molecule has 4 nitrogen and oxygen atoms in total. The molecule has 1 aromatic heterocycles. The summed E-state index contributed by atoms with van der Waals surface area (Å²) < 4.78 is 53.4. The van der Waals surface area contributed by atoms with Crippen molar-refractivity contribution in [2.24, 2.45) is 0 Å². The molecule has 0 saturated heterocycles. The molecule has 0 bridgehead atoms. The number of halogens is 3. The molecule has 8 heteroatoms. The first-order chi connectivity index (χ1) is 14.7. The summed E-state index contributed by atoms with van der Waals surface area (Å²) in [4.78, 5) is 11.2. The largest absolute Gasteiger partial charge is 0.483 e. The number of aryl methyl sites for hydroxylation is 2. The van der Waals surface area contributed by atoms with E-state index in [1.807, 2.05) is 13.8 Å². The van der Waals surface area contributed by atoms with E-state index in [-0.39, 0.29) is 30.9 Å². The molecule has 3 rings (SSSR count). The van der Waals surface area contributed by atoms with Crippen molar-refractivity contribution < 1.29 is 27.8 Å². The van der Waals surface area contributed by atoms with Gasteiger partial charge in [-0.05, 0) is 60.1 Å². The number of rotatable bonds is 8. The van der Waals surface area contributed by atoms with Gasteiger partial charge < -0.3 is 9.84 Å². The van der Waals surface area contributed by atoms with Gasteiger partial charge in [-0.1, -0.05) is 26.0 Å². The molecule has 0 fully saturated rings. The minimum atomic E-state index is -1.05. The van der Waals surface area contributed by atoms with Gasteiger partial charge in [-0.25, -0.2) is 13.2 Å². The highest BCUT2D eigenvalue weighted by Crippen LogP contribution is 2.36. The Balaban J connectivity index is 1.91. The normalized spacial score (nSPS) is 11.2. The second kappa shape index (κ2) is 9.51. The Labute approximate surface area is 182 Å². The Morgan fingerprint density at radius 2 is 1.81 bits per heavy atom. The van der Waals surface area contributed by atoms with Crippen LogP contribution in [0.15, 0.2) is 30.3 Å². The van der Waals surface area contributed by atoms with Crippen molar-refractivity contribution in [2.75, 3.05) is 0 Å². The van der Waals surface area contributed by atoms with Crippen LogP contribution in [0.25, 0.3) is 10.4 Å². The third-order valence-corrected chi connectivity index (χ3v) is 5.72. The summed E-state index contributed by atoms with van der Waals surface area (Å²) in [5.41, 5.74) is 2.63. The molecule has 0 aliphatic rings. The maximum Gasteiger partial charge on any atom is 0.303 e. The number of carbonyl (C=O) groups is 1. The van der Waals surface area contributed by atoms with Crippen LogP contribution in [-0.4, -0.2) is 15.4 Å². The quantitative estimate of drug-likeness (QED) is 0.441. The Morgan fingerprint density at radius 1 is 1.13 bits per heavy atom. The highest BCUT2D eigenvalue weighted by Gasteiger charge is 2.22. The fourth-order valence-corrected chi connectivity index (χ4v) is 4.27. The number of carboxylic acids is 1. The lowest BCUT2D eigenvalue weighted by molar-refractivity contribution is -0.136. The van der Waals surface area contributed by atoms with E-state index < -0.39 is 29.2 Å². The van der Waals surface area contributed by atoms with Crippen LogP contribution in [0.2, 0.25) is 0 Å². The topological polar surface area (TPSA) is 59.4 Å². The molecular weight excluding hydrogens is 427 g/mol. The van der Waals surface area contributed by atoms with Crippen LogP contribution >= 0.6 is 11.5 Å². The molecule has 1 heterocycles. The molecule has 1 N–H and O–H groups in total. The summed E-state index contributed by atoms with van der Waals surface area (Å²) in [7, 11) is 0. The number of aromatic nitrogens is 1. The Morgan fingerprint density at radius 3 is 2.39 bits per heavy atom. The predicted octanol–water partition coefficient (Wildman–Crippen LogP) is 6.26. The highest BCUT2D eigenvalue weighted by atomic mass is 32.1. The summed E-state index contributed by atoms with van der Waals surface area (Å²) in [6.07, 6.45) is -0.227. The lowest BCUT2D eigenvalue weighted by Gasteiger charge is -2.13. The fourth-order valence-electron chi connectivity index (χ4n) is 3.22. The summed E-state index contributed by atoms with van der Waals surface area (Å²) >= 11 is 1.12. The van der Waals surface area contributed by atoms with Crippen molar-refractivity contribution >= 4 is 17.5 Å². The molecule has 0 radical (unpaired) electrons. The van der Waals surface area contributed by atoms with Gasteiger partial charge in [-0.3, -0.25) is 4.79 Å². The zero-order chi connectivity index (χ0) is 22.7. The summed E-state index contributed by atoms with van der Waals surface area (Å²) in [6, 6.07) is 7.00. The average Bonchev–Trinajstić information content (AvgIpc) is 3.09. The van der Waals surface area contributed by atoms with Crippen LogP contribution in [0, 0.1) is 24.4 Å². The van der Waals surface area contributed by atoms with Crippen molar-refractivity contribution in [2.45, 2.75) is 46.1 Å². The summed E-state index contributed by atoms with van der Waals surface area (Å²) in [5, 5.41) is 8.74. The first-order valence-corrected chi connectivity index (χ1v) is 10.5. The maximum atomic E-state index is 14.6. The van der Waals surface area contributed by atoms with E-state index in [2.05, 4.69) is 4.37 Å². The van der Waals surface area contributed by atoms with Crippen LogP contribution in [0.3, 0.4) is 0 Å². The van der Waals surface area contributed by atoms with E-state index in [9.17, 15) is 18.0 Å². The van der Waals surface area contributed by atoms with E-state index in [4.69, 9.17) is 9.84 Å². The molecule has 0 spiro atoms. The van der Waals surface area contributed by atoms with Gasteiger partial charge in [0, 0.05) is 17.5 Å². The molecule has 164 valence electrons. The number of benzene rings is 2. The fraction of sp³-hybridized carbons (Fsp3) is 0.304. The van der Waals surface area contributed by atoms with Crippen molar-refractivity contribution in [3.8, 4) is 16.2 Å². The van der Waals surface area contributed by atoms with E-state index in [1.165, 1.54) is 6.07 Å². The van der Waals surface area contributed by atoms with E-state index in [0.29, 0.717) is 21.7 Å². The van der Waals surface area contributed by atoms with Crippen LogP contribution in [-0.2, 0) is 17.8 Å². The monoisotopic (exact) mass is 449 g/mol. The predicted molar refractivity (Wildman–Crippen MR) is 113 cm³/mol. The molecule has 0 unspecified atom stereocenters. The van der Waals surface area contributed by atoms with Gasteiger partial charge in [0.15, 0.2) is 17.4 Å². The Kier molecular flexibility index (Phi) is 7.00. The number of nitrogens with zero attached hydrogens (tertiary/aromatic N) is 1. The van der Waals surface area contributed by atoms with Crippen molar-refractivity contribution in [1.29, 1.82) is 0 Å². The first-order valence-electron chi connectivity index (χ1n) is 9.74. The standard InChI is InChI=1S/C23H22F3NO3S/c1-12(2)21-16(23(31-27-21)15-6-4-13(3)8-17(15)24)11-30-22-18(25)9-14(10-19(22)26)5-7-20(28)29/h4,6,8-10,12H,5,7,11H2,1-3H3,(H,28,29). The molecule has 2 aromatic carbocycles. The SMILES string of the molecule is Cc1ccc(-c2snc(C(C)C)c2COc2c(F)cc(CCC(=O)O)cc2F)c(F)c1. The zero-order valence-corrected chi connectivity index (χ0v) is 18.2. The zero-order valence-electron chi connectivity index (χ0n) is 17.3. The van der Waals surface area contributed by atoms with Gasteiger partial charge in [0.05, 0.1) is 10.6 Å². The maximum absolute atomic E-state index is 14.6. The molecule has 0 aliphatic carbocycles. The number of aliphatic carboxylic acids is 1. The number of carboxylic acid groups (broad SMARTS) is 1. The number of ether oxygens (including phenoxy) is 1. The molecule has 31 heavy (non-hydrogen) atoms. The lowest BCUT2D eigenvalue weighted by atomic mass is 10.0. The second-order valence-corrected chi connectivity index (χ2v) is 8.36. The molecule has 0 amide bonds. The van der Waals surface area contributed by atoms with Gasteiger partial charge in [0.2, 0.25) is 0 Å². The highest BCUT2D eigenvalue weighted by molar-refractivity contribution is 7.09. The van der Waals surface area contributed by atoms with Gasteiger partial charge in [0.1, 0.15) is 12.4 Å². The second-order valence-electron chi connectivity index (χ2n) is 7.58. The molecule has 3 aromatic rings. The van der Waals surface area contributed by atoms with Gasteiger partial charge in [0.25, 0.3) is 0 Å². The van der Waals surface area contributed by atoms with E-state index >= 15 is 0 Å². The van der Waals surface area contributed by atoms with E-state index in [1.54, 1.807) is 19.1 Å².